The predicted octanol–water partition coefficient (Wildman–Crippen LogP) is 2.47. The number of piperidine rings is 1. The third-order valence-corrected chi connectivity index (χ3v) is 6.08. The lowest BCUT2D eigenvalue weighted by atomic mass is 9.90. The molecule has 10 nitrogen and oxygen atoms in total. The summed E-state index contributed by atoms with van der Waals surface area (Å²) in [4.78, 5) is 11.7. The molecule has 0 amide bonds. The van der Waals surface area contributed by atoms with Crippen molar-refractivity contribution in [3.05, 3.63) is 36.4 Å². The first-order valence-corrected chi connectivity index (χ1v) is 11.2. The maximum Gasteiger partial charge on any atom is 0.223 e. The lowest BCUT2D eigenvalue weighted by Gasteiger charge is -2.36. The van der Waals surface area contributed by atoms with Gasteiger partial charge in [-0.1, -0.05) is 6.92 Å². The monoisotopic (exact) mass is 450 g/mol. The van der Waals surface area contributed by atoms with Crippen molar-refractivity contribution in [3.63, 3.8) is 0 Å². The summed E-state index contributed by atoms with van der Waals surface area (Å²) in [6.45, 7) is 7.97. The zero-order chi connectivity index (χ0) is 23.3. The molecule has 1 fully saturated rings. The third kappa shape index (κ3) is 4.18. The van der Waals surface area contributed by atoms with E-state index in [-0.39, 0.29) is 5.92 Å². The van der Waals surface area contributed by atoms with Gasteiger partial charge in [0.2, 0.25) is 5.95 Å². The molecule has 1 aliphatic heterocycles. The van der Waals surface area contributed by atoms with Crippen molar-refractivity contribution in [1.29, 1.82) is 0 Å². The Balaban J connectivity index is 1.46. The van der Waals surface area contributed by atoms with Gasteiger partial charge in [-0.15, -0.1) is 5.10 Å². The number of aliphatic hydroxyl groups is 1. The maximum absolute atomic E-state index is 10.1. The van der Waals surface area contributed by atoms with Crippen molar-refractivity contribution in [2.75, 3.05) is 30.8 Å². The first-order valence-electron chi connectivity index (χ1n) is 11.2. The second-order valence-corrected chi connectivity index (χ2v) is 9.71. The molecule has 4 heterocycles. The van der Waals surface area contributed by atoms with Crippen molar-refractivity contribution in [2.24, 2.45) is 5.92 Å². The highest BCUT2D eigenvalue weighted by molar-refractivity contribution is 5.93. The second-order valence-electron chi connectivity index (χ2n) is 9.71. The van der Waals surface area contributed by atoms with Crippen LogP contribution in [0.15, 0.2) is 30.6 Å². The van der Waals surface area contributed by atoms with E-state index in [2.05, 4.69) is 21.9 Å². The quantitative estimate of drug-likeness (QED) is 0.476. The average Bonchev–Trinajstić information content (AvgIpc) is 3.40. The van der Waals surface area contributed by atoms with E-state index in [1.54, 1.807) is 30.2 Å². The smallest absolute Gasteiger partial charge is 0.223 e. The molecule has 2 unspecified atom stereocenters. The van der Waals surface area contributed by atoms with Crippen LogP contribution in [0.25, 0.3) is 16.6 Å². The minimum absolute atomic E-state index is 0.152. The Morgan fingerprint density at radius 3 is 2.82 bits per heavy atom. The lowest BCUT2D eigenvalue weighted by molar-refractivity contribution is 0.0577. The summed E-state index contributed by atoms with van der Waals surface area (Å²) in [6.07, 6.45) is 4.85. The predicted molar refractivity (Wildman–Crippen MR) is 127 cm³/mol. The van der Waals surface area contributed by atoms with Gasteiger partial charge in [0.25, 0.3) is 0 Å². The third-order valence-electron chi connectivity index (χ3n) is 6.08. The van der Waals surface area contributed by atoms with Crippen molar-refractivity contribution < 1.29 is 9.84 Å². The van der Waals surface area contributed by atoms with Crippen molar-refractivity contribution >= 4 is 28.2 Å². The Bertz CT molecular complexity index is 1310. The fourth-order valence-electron chi connectivity index (χ4n) is 4.67. The molecule has 3 N–H and O–H groups in total. The van der Waals surface area contributed by atoms with Crippen LogP contribution in [0.2, 0.25) is 0 Å². The normalized spacial score (nSPS) is 19.5. The Kier molecular flexibility index (Phi) is 5.12. The summed E-state index contributed by atoms with van der Waals surface area (Å²) in [7, 11) is 1.63. The minimum Gasteiger partial charge on any atom is -0.497 e. The number of hydrogen-bond acceptors (Lipinski definition) is 8. The standard InChI is InChI=1S/C23H30N8O2/c1-14-7-15(11-29(10-14)16-9-25-30(12-16)13-23(2,3)32)20-27-21-18-6-5-17(33-4)8-19(18)26-22(24)31(21)28-20/h5-6,8-9,12,14-15,32H,7,10-11,13H2,1-4H3,(H2,24,26). The molecule has 3 aromatic heterocycles. The van der Waals surface area contributed by atoms with Crippen LogP contribution in [0.1, 0.15) is 38.9 Å². The second kappa shape index (κ2) is 7.87. The fraction of sp³-hybridized carbons (Fsp3) is 0.478. The molecule has 0 spiro atoms. The van der Waals surface area contributed by atoms with Crippen LogP contribution in [0.5, 0.6) is 5.75 Å². The highest BCUT2D eigenvalue weighted by atomic mass is 16.5. The molecular weight excluding hydrogens is 420 g/mol. The molecule has 0 aliphatic carbocycles. The summed E-state index contributed by atoms with van der Waals surface area (Å²) < 4.78 is 8.74. The van der Waals surface area contributed by atoms with E-state index in [9.17, 15) is 5.11 Å². The maximum atomic E-state index is 10.1. The van der Waals surface area contributed by atoms with Crippen LogP contribution >= 0.6 is 0 Å². The molecule has 0 bridgehead atoms. The number of ether oxygens (including phenoxy) is 1. The van der Waals surface area contributed by atoms with Crippen molar-refractivity contribution in [2.45, 2.75) is 45.3 Å². The molecule has 4 aromatic rings. The van der Waals surface area contributed by atoms with E-state index in [0.29, 0.717) is 24.1 Å². The highest BCUT2D eigenvalue weighted by Gasteiger charge is 2.30. The number of methoxy groups -OCH3 is 1. The summed E-state index contributed by atoms with van der Waals surface area (Å²) in [6, 6.07) is 5.70. The van der Waals surface area contributed by atoms with Gasteiger partial charge in [-0.25, -0.2) is 9.97 Å². The molecule has 1 aromatic carbocycles. The molecule has 5 rings (SSSR count). The van der Waals surface area contributed by atoms with Gasteiger partial charge in [0.15, 0.2) is 11.5 Å². The molecule has 0 saturated carbocycles. The number of rotatable bonds is 5. The molecule has 0 radical (unpaired) electrons. The lowest BCUT2D eigenvalue weighted by Crippen LogP contribution is -2.39. The van der Waals surface area contributed by atoms with Crippen LogP contribution in [-0.2, 0) is 6.54 Å². The number of nitrogens with zero attached hydrogens (tertiary/aromatic N) is 7. The SMILES string of the molecule is COc1ccc2c(c1)nc(N)n1nc(C3CC(C)CN(c4cnn(CC(C)(C)O)c4)C3)nc21. The summed E-state index contributed by atoms with van der Waals surface area (Å²) in [5, 5.41) is 20.2. The summed E-state index contributed by atoms with van der Waals surface area (Å²) in [5.41, 5.74) is 7.88. The highest BCUT2D eigenvalue weighted by Crippen LogP contribution is 2.33. The van der Waals surface area contributed by atoms with Crippen LogP contribution in [-0.4, -0.2) is 60.3 Å². The van der Waals surface area contributed by atoms with Gasteiger partial charge in [-0.3, -0.25) is 4.68 Å². The molecule has 2 atom stereocenters. The molecule has 1 saturated heterocycles. The average molecular weight is 451 g/mol. The van der Waals surface area contributed by atoms with Crippen LogP contribution in [0, 0.1) is 5.92 Å². The number of nitrogen functional groups attached to an aromatic ring is 1. The number of fused-ring (bicyclic) bond motifs is 3. The molecule has 174 valence electrons. The number of anilines is 2. The van der Waals surface area contributed by atoms with Gasteiger partial charge in [0.05, 0.1) is 36.7 Å². The molecule has 10 heteroatoms. The fourth-order valence-corrected chi connectivity index (χ4v) is 4.67. The number of benzene rings is 1. The van der Waals surface area contributed by atoms with Gasteiger partial charge in [-0.2, -0.15) is 9.61 Å². The molecule has 33 heavy (non-hydrogen) atoms. The van der Waals surface area contributed by atoms with Gasteiger partial charge >= 0.3 is 0 Å². The van der Waals surface area contributed by atoms with Crippen molar-refractivity contribution in [3.8, 4) is 5.75 Å². The van der Waals surface area contributed by atoms with Crippen LogP contribution in [0.4, 0.5) is 11.6 Å². The Morgan fingerprint density at radius 1 is 1.24 bits per heavy atom. The first-order chi connectivity index (χ1) is 15.7. The van der Waals surface area contributed by atoms with Crippen LogP contribution in [0.3, 0.4) is 0 Å². The largest absolute Gasteiger partial charge is 0.497 e. The van der Waals surface area contributed by atoms with E-state index in [0.717, 1.165) is 47.7 Å². The van der Waals surface area contributed by atoms with E-state index >= 15 is 0 Å². The Morgan fingerprint density at radius 2 is 2.06 bits per heavy atom. The molecule has 1 aliphatic rings. The van der Waals surface area contributed by atoms with Gasteiger partial charge in [-0.05, 0) is 38.3 Å². The van der Waals surface area contributed by atoms with Gasteiger partial charge in [0.1, 0.15) is 5.75 Å². The first kappa shape index (κ1) is 21.4. The summed E-state index contributed by atoms with van der Waals surface area (Å²) >= 11 is 0. The van der Waals surface area contributed by atoms with E-state index in [1.807, 2.05) is 30.6 Å². The van der Waals surface area contributed by atoms with E-state index < -0.39 is 5.60 Å². The van der Waals surface area contributed by atoms with Crippen LogP contribution < -0.4 is 15.4 Å². The van der Waals surface area contributed by atoms with E-state index in [1.165, 1.54) is 0 Å². The Labute approximate surface area is 192 Å². The van der Waals surface area contributed by atoms with Gasteiger partial charge < -0.3 is 20.5 Å². The Hall–Kier alpha value is -3.40. The zero-order valence-electron chi connectivity index (χ0n) is 19.4. The summed E-state index contributed by atoms with van der Waals surface area (Å²) in [5.74, 6) is 2.41. The number of nitrogens with two attached hydrogens (primary N) is 1. The molecular formula is C23H30N8O2. The van der Waals surface area contributed by atoms with Gasteiger partial charge in [0, 0.05) is 36.7 Å². The number of hydrogen-bond donors (Lipinski definition) is 2. The zero-order valence-corrected chi connectivity index (χ0v) is 19.4. The minimum atomic E-state index is -0.817. The van der Waals surface area contributed by atoms with Crippen molar-refractivity contribution in [1.82, 2.24) is 29.4 Å². The van der Waals surface area contributed by atoms with E-state index in [4.69, 9.17) is 20.6 Å². The number of aromatic nitrogens is 6. The topological polar surface area (TPSA) is 120 Å².